The number of imidazole rings is 2. The van der Waals surface area contributed by atoms with Crippen LogP contribution in [0.2, 0.25) is 0 Å². The van der Waals surface area contributed by atoms with Gasteiger partial charge in [0.25, 0.3) is 30.1 Å². The smallest absolute Gasteiger partial charge is 0.271 e. The zero-order valence-electron chi connectivity index (χ0n) is 23.0. The minimum Gasteiger partial charge on any atom is -0.382 e. The number of aromatic nitrogens is 8. The van der Waals surface area contributed by atoms with Crippen LogP contribution in [-0.2, 0) is 36.7 Å². The number of halogens is 2. The molecular weight excluding hydrogens is 630 g/mol. The summed E-state index contributed by atoms with van der Waals surface area (Å²) in [6.45, 7) is -1.08. The van der Waals surface area contributed by atoms with Crippen molar-refractivity contribution in [1.82, 2.24) is 39.0 Å². The van der Waals surface area contributed by atoms with Gasteiger partial charge in [-0.25, -0.2) is 38.7 Å². The Kier molecular flexibility index (Phi) is 7.25. The molecule has 4 aromatic heterocycles. The molecule has 44 heavy (non-hydrogen) atoms. The third-order valence-corrected chi connectivity index (χ3v) is 9.92. The molecule has 0 saturated carbocycles. The predicted molar refractivity (Wildman–Crippen MR) is 151 cm³/mol. The highest BCUT2D eigenvalue weighted by molar-refractivity contribution is 7.79. The van der Waals surface area contributed by atoms with Crippen molar-refractivity contribution < 1.29 is 45.5 Å². The van der Waals surface area contributed by atoms with Gasteiger partial charge in [-0.15, -0.1) is 0 Å². The molecule has 3 saturated heterocycles. The highest BCUT2D eigenvalue weighted by Gasteiger charge is 2.53. The summed E-state index contributed by atoms with van der Waals surface area (Å²) in [6, 6.07) is 0. The first-order valence-corrected chi connectivity index (χ1v) is 17.2. The Hall–Kier alpha value is -3.09. The number of nitrogens with zero attached hydrogens (tertiary/aromatic N) is 8. The number of hydrogen-bond donors (Lipinski definition) is 2. The van der Waals surface area contributed by atoms with Crippen LogP contribution in [0, 0.1) is 0 Å². The number of ether oxygens (including phenoxy) is 2. The second-order valence-corrected chi connectivity index (χ2v) is 14.5. The molecule has 10 unspecified atom stereocenters. The Morgan fingerprint density at radius 2 is 1.14 bits per heavy atom. The zero-order valence-corrected chi connectivity index (χ0v) is 24.8. The van der Waals surface area contributed by atoms with Crippen LogP contribution in [0.3, 0.4) is 0 Å². The second-order valence-electron chi connectivity index (χ2n) is 10.5. The Morgan fingerprint density at radius 1 is 0.727 bits per heavy atom. The normalized spacial score (nSPS) is 38.2. The van der Waals surface area contributed by atoms with Crippen molar-refractivity contribution in [2.45, 2.75) is 49.2 Å². The van der Waals surface area contributed by atoms with Crippen LogP contribution in [0.4, 0.5) is 20.4 Å². The maximum Gasteiger partial charge on any atom is 0.271 e. The fourth-order valence-electron chi connectivity index (χ4n) is 5.39. The molecular formula is C20H24B2F2N10O8P2. The van der Waals surface area contributed by atoms with E-state index in [0.717, 1.165) is 15.1 Å². The summed E-state index contributed by atoms with van der Waals surface area (Å²) in [4.78, 5) is 24.2. The highest BCUT2D eigenvalue weighted by Crippen LogP contribution is 2.54. The van der Waals surface area contributed by atoms with Crippen molar-refractivity contribution in [3.05, 3.63) is 25.3 Å². The molecule has 10 atom stereocenters. The third-order valence-electron chi connectivity index (χ3n) is 7.43. The molecule has 4 N–H and O–H groups in total. The molecule has 3 aliphatic rings. The Morgan fingerprint density at radius 3 is 1.55 bits per heavy atom. The molecule has 232 valence electrons. The number of anilines is 2. The van der Waals surface area contributed by atoms with Crippen LogP contribution in [0.25, 0.3) is 22.3 Å². The van der Waals surface area contributed by atoms with Gasteiger partial charge in [-0.3, -0.25) is 18.3 Å². The average molecular weight is 654 g/mol. The molecule has 0 bridgehead atoms. The molecule has 0 aliphatic carbocycles. The largest absolute Gasteiger partial charge is 0.382 e. The molecule has 0 aromatic carbocycles. The summed E-state index contributed by atoms with van der Waals surface area (Å²) in [5, 5.41) is 0. The SMILES string of the molecule is BP1(=O)OCC2OC(n3cnc4c(N)ncnc43)C(F)C2OP(B)(=O)OCC2OC(n3cnc4c(N)ncnc43)C(F)C2O1. The van der Waals surface area contributed by atoms with Crippen molar-refractivity contribution in [2.75, 3.05) is 24.7 Å². The summed E-state index contributed by atoms with van der Waals surface area (Å²) in [7, 11) is -5.87. The zero-order chi connectivity index (χ0) is 31.0. The molecule has 7 heterocycles. The fourth-order valence-corrected chi connectivity index (χ4v) is 7.73. The Bertz CT molecular complexity index is 1710. The molecule has 7 rings (SSSR count). The molecule has 3 fully saturated rings. The lowest BCUT2D eigenvalue weighted by atomic mass is 10.1. The average Bonchev–Trinajstić information content (AvgIpc) is 3.73. The number of hydrogen-bond acceptors (Lipinski definition) is 16. The van der Waals surface area contributed by atoms with Crippen LogP contribution in [-0.4, -0.2) is 104 Å². The van der Waals surface area contributed by atoms with Gasteiger partial charge in [0.1, 0.15) is 48.1 Å². The van der Waals surface area contributed by atoms with E-state index < -0.39 is 77.4 Å². The minimum atomic E-state index is -4.06. The predicted octanol–water partition coefficient (Wildman–Crippen LogP) is -0.399. The number of fused-ring (bicyclic) bond motifs is 4. The lowest BCUT2D eigenvalue weighted by molar-refractivity contribution is -0.0548. The van der Waals surface area contributed by atoms with Crippen molar-refractivity contribution in [3.8, 4) is 0 Å². The van der Waals surface area contributed by atoms with E-state index in [1.54, 1.807) is 0 Å². The van der Waals surface area contributed by atoms with Crippen LogP contribution in [0.1, 0.15) is 12.5 Å². The lowest BCUT2D eigenvalue weighted by Gasteiger charge is -2.29. The Labute approximate surface area is 247 Å². The molecule has 0 radical (unpaired) electrons. The van der Waals surface area contributed by atoms with Gasteiger partial charge in [0.2, 0.25) is 0 Å². The van der Waals surface area contributed by atoms with Gasteiger partial charge in [0, 0.05) is 0 Å². The summed E-state index contributed by atoms with van der Waals surface area (Å²) in [6.07, 6.45) is -7.32. The third kappa shape index (κ3) is 5.08. The number of alkyl halides is 2. The highest BCUT2D eigenvalue weighted by atomic mass is 31.2. The van der Waals surface area contributed by atoms with Gasteiger partial charge in [-0.2, -0.15) is 0 Å². The van der Waals surface area contributed by atoms with Gasteiger partial charge < -0.3 is 39.0 Å². The summed E-state index contributed by atoms with van der Waals surface area (Å²) in [5.74, 6) is 0.145. The lowest BCUT2D eigenvalue weighted by Crippen LogP contribution is -2.37. The monoisotopic (exact) mass is 654 g/mol. The molecule has 4 aromatic rings. The van der Waals surface area contributed by atoms with Crippen LogP contribution >= 0.6 is 14.9 Å². The van der Waals surface area contributed by atoms with Gasteiger partial charge in [0.05, 0.1) is 25.9 Å². The quantitative estimate of drug-likeness (QED) is 0.207. The van der Waals surface area contributed by atoms with Gasteiger partial charge >= 0.3 is 0 Å². The van der Waals surface area contributed by atoms with Crippen LogP contribution < -0.4 is 11.5 Å². The first kappa shape index (κ1) is 29.6. The van der Waals surface area contributed by atoms with E-state index in [4.69, 9.17) is 39.0 Å². The van der Waals surface area contributed by atoms with Crippen molar-refractivity contribution in [2.24, 2.45) is 0 Å². The van der Waals surface area contributed by atoms with Crippen LogP contribution in [0.5, 0.6) is 0 Å². The van der Waals surface area contributed by atoms with Gasteiger partial charge in [-0.1, -0.05) is 0 Å². The van der Waals surface area contributed by atoms with E-state index >= 15 is 8.78 Å². The van der Waals surface area contributed by atoms with Crippen molar-refractivity contribution in [1.29, 1.82) is 0 Å². The van der Waals surface area contributed by atoms with E-state index in [0.29, 0.717) is 0 Å². The van der Waals surface area contributed by atoms with Crippen LogP contribution in [0.15, 0.2) is 25.3 Å². The first-order valence-electron chi connectivity index (χ1n) is 13.2. The Balaban J connectivity index is 1.17. The number of rotatable bonds is 2. The van der Waals surface area contributed by atoms with E-state index in [-0.39, 0.29) is 34.0 Å². The second kappa shape index (κ2) is 10.8. The molecule has 3 aliphatic heterocycles. The molecule has 24 heteroatoms. The maximum absolute atomic E-state index is 16.0. The standard InChI is InChI=1S/C20H24B2F2N10O8P2/c21-43(35)37-1-7-13(9(23)19(39-7)33-5-31-11-15(25)27-3-29-17(11)33)41-44(22,36)38-2-8-14(42-43)10(24)20(40-8)34-6-32-12-16(26)28-4-30-18(12)34/h3-10,13-14,19-20H,1-2,21-22H2,(H2,25,27,29)(H2,26,28,30). The fraction of sp³-hybridized carbons (Fsp3) is 0.500. The number of nitrogens with two attached hydrogens (primary N) is 2. The van der Waals surface area contributed by atoms with Gasteiger partial charge in [-0.05, 0) is 0 Å². The van der Waals surface area contributed by atoms with Crippen molar-refractivity contribution >= 4 is 64.0 Å². The summed E-state index contributed by atoms with van der Waals surface area (Å²) >= 11 is 0. The van der Waals surface area contributed by atoms with E-state index in [2.05, 4.69) is 29.9 Å². The first-order chi connectivity index (χ1) is 20.9. The van der Waals surface area contributed by atoms with E-state index in [9.17, 15) is 9.13 Å². The minimum absolute atomic E-state index is 0.0727. The van der Waals surface area contributed by atoms with Gasteiger partial charge in [0.15, 0.2) is 47.7 Å². The van der Waals surface area contributed by atoms with Crippen molar-refractivity contribution in [3.63, 3.8) is 0 Å². The summed E-state index contributed by atoms with van der Waals surface area (Å²) < 4.78 is 95.7. The molecule has 0 amide bonds. The summed E-state index contributed by atoms with van der Waals surface area (Å²) in [5.41, 5.74) is 12.5. The molecule has 0 spiro atoms. The topological polar surface area (TPSA) is 229 Å². The van der Waals surface area contributed by atoms with E-state index in [1.165, 1.54) is 34.4 Å². The molecule has 18 nitrogen and oxygen atoms in total. The van der Waals surface area contributed by atoms with E-state index in [1.807, 2.05) is 0 Å². The number of nitrogen functional groups attached to an aromatic ring is 2. The maximum atomic E-state index is 16.0.